The topological polar surface area (TPSA) is 84.9 Å². The van der Waals surface area contributed by atoms with Crippen LogP contribution in [0.5, 0.6) is 0 Å². The molecule has 0 saturated heterocycles. The highest BCUT2D eigenvalue weighted by Crippen LogP contribution is 2.54. The number of alkyl halides is 3. The summed E-state index contributed by atoms with van der Waals surface area (Å²) in [5, 5.41) is 11.5. The summed E-state index contributed by atoms with van der Waals surface area (Å²) < 4.78 is 50.9. The van der Waals surface area contributed by atoms with E-state index in [1.807, 2.05) is 0 Å². The maximum atomic E-state index is 13.6. The van der Waals surface area contributed by atoms with Crippen molar-refractivity contribution in [3.05, 3.63) is 35.9 Å². The Morgan fingerprint density at radius 2 is 1.70 bits per heavy atom. The molecule has 1 saturated carbocycles. The minimum atomic E-state index is -4.80. The summed E-state index contributed by atoms with van der Waals surface area (Å²) >= 11 is 0. The van der Waals surface area contributed by atoms with Gasteiger partial charge in [-0.15, -0.1) is 0 Å². The number of amides is 1. The maximum Gasteiger partial charge on any atom is 0.417 e. The smallest absolute Gasteiger partial charge is 0.417 e. The van der Waals surface area contributed by atoms with Crippen molar-refractivity contribution in [1.29, 1.82) is 0 Å². The number of aliphatic carboxylic acids is 1. The molecule has 0 aliphatic heterocycles. The van der Waals surface area contributed by atoms with Crippen LogP contribution in [0.15, 0.2) is 30.3 Å². The van der Waals surface area contributed by atoms with Crippen LogP contribution in [0, 0.1) is 0 Å². The van der Waals surface area contributed by atoms with Crippen molar-refractivity contribution in [2.24, 2.45) is 0 Å². The SMILES string of the molecule is CC(C)(C)OC(=O)NC1(C(=O)O)CC(OCc2ccccc2)(C(F)(F)F)C1. The zero-order chi connectivity index (χ0) is 20.5. The van der Waals surface area contributed by atoms with Gasteiger partial charge in [0.2, 0.25) is 0 Å². The lowest BCUT2D eigenvalue weighted by Crippen LogP contribution is -2.74. The Morgan fingerprint density at radius 1 is 1.15 bits per heavy atom. The molecule has 150 valence electrons. The van der Waals surface area contributed by atoms with E-state index in [1.54, 1.807) is 51.1 Å². The summed E-state index contributed by atoms with van der Waals surface area (Å²) in [5.74, 6) is -1.57. The average molecular weight is 389 g/mol. The molecule has 1 aliphatic carbocycles. The van der Waals surface area contributed by atoms with Crippen molar-refractivity contribution in [3.8, 4) is 0 Å². The maximum absolute atomic E-state index is 13.6. The van der Waals surface area contributed by atoms with Crippen molar-refractivity contribution in [1.82, 2.24) is 5.32 Å². The molecule has 0 unspecified atom stereocenters. The van der Waals surface area contributed by atoms with Crippen LogP contribution in [0.3, 0.4) is 0 Å². The number of nitrogens with one attached hydrogen (secondary N) is 1. The number of carboxylic acid groups (broad SMARTS) is 1. The molecule has 0 spiro atoms. The van der Waals surface area contributed by atoms with E-state index >= 15 is 0 Å². The summed E-state index contributed by atoms with van der Waals surface area (Å²) in [6.45, 7) is 4.35. The number of benzene rings is 1. The Balaban J connectivity index is 2.15. The van der Waals surface area contributed by atoms with Crippen LogP contribution in [0.1, 0.15) is 39.2 Å². The Morgan fingerprint density at radius 3 is 2.15 bits per heavy atom. The lowest BCUT2D eigenvalue weighted by Gasteiger charge is -2.53. The third-order valence-electron chi connectivity index (χ3n) is 4.20. The largest absolute Gasteiger partial charge is 0.479 e. The van der Waals surface area contributed by atoms with E-state index in [-0.39, 0.29) is 6.61 Å². The van der Waals surface area contributed by atoms with E-state index < -0.39 is 47.8 Å². The zero-order valence-electron chi connectivity index (χ0n) is 15.2. The van der Waals surface area contributed by atoms with E-state index in [1.165, 1.54) is 0 Å². The number of alkyl carbamates (subject to hydrolysis) is 1. The van der Waals surface area contributed by atoms with Crippen LogP contribution in [-0.2, 0) is 20.9 Å². The first-order valence-electron chi connectivity index (χ1n) is 8.28. The highest BCUT2D eigenvalue weighted by atomic mass is 19.4. The van der Waals surface area contributed by atoms with E-state index in [9.17, 15) is 27.9 Å². The van der Waals surface area contributed by atoms with Gasteiger partial charge in [0.05, 0.1) is 6.61 Å². The number of hydrogen-bond acceptors (Lipinski definition) is 4. The predicted octanol–water partition coefficient (Wildman–Crippen LogP) is 3.65. The van der Waals surface area contributed by atoms with Crippen molar-refractivity contribution >= 4 is 12.1 Å². The van der Waals surface area contributed by atoms with Gasteiger partial charge in [-0.1, -0.05) is 30.3 Å². The van der Waals surface area contributed by atoms with E-state index in [0.717, 1.165) is 0 Å². The number of halogens is 3. The first-order chi connectivity index (χ1) is 12.3. The Bertz CT molecular complexity index is 691. The van der Waals surface area contributed by atoms with Crippen LogP contribution in [0.4, 0.5) is 18.0 Å². The third-order valence-corrected chi connectivity index (χ3v) is 4.20. The molecule has 1 aromatic rings. The molecule has 1 aliphatic rings. The van der Waals surface area contributed by atoms with Crippen LogP contribution >= 0.6 is 0 Å². The fourth-order valence-electron chi connectivity index (χ4n) is 2.90. The van der Waals surface area contributed by atoms with Crippen LogP contribution < -0.4 is 5.32 Å². The first kappa shape index (κ1) is 21.0. The van der Waals surface area contributed by atoms with E-state index in [4.69, 9.17) is 9.47 Å². The van der Waals surface area contributed by atoms with Gasteiger partial charge < -0.3 is 19.9 Å². The molecular weight excluding hydrogens is 367 g/mol. The van der Waals surface area contributed by atoms with Gasteiger partial charge in [0.15, 0.2) is 5.60 Å². The molecule has 0 aromatic heterocycles. The van der Waals surface area contributed by atoms with Gasteiger partial charge in [0.1, 0.15) is 11.1 Å². The number of ether oxygens (including phenoxy) is 2. The molecule has 1 aromatic carbocycles. The summed E-state index contributed by atoms with van der Waals surface area (Å²) in [4.78, 5) is 23.5. The lowest BCUT2D eigenvalue weighted by atomic mass is 9.64. The molecule has 2 rings (SSSR count). The summed E-state index contributed by atoms with van der Waals surface area (Å²) in [5.41, 5.74) is -5.16. The van der Waals surface area contributed by atoms with Gasteiger partial charge in [0.25, 0.3) is 0 Å². The van der Waals surface area contributed by atoms with E-state index in [2.05, 4.69) is 5.32 Å². The van der Waals surface area contributed by atoms with Crippen LogP contribution in [0.25, 0.3) is 0 Å². The number of carbonyl (C=O) groups is 2. The molecule has 2 N–H and O–H groups in total. The molecule has 1 fully saturated rings. The second-order valence-electron chi connectivity index (χ2n) is 7.63. The monoisotopic (exact) mass is 389 g/mol. The lowest BCUT2D eigenvalue weighted by molar-refractivity contribution is -0.323. The molecule has 27 heavy (non-hydrogen) atoms. The summed E-state index contributed by atoms with van der Waals surface area (Å²) in [6.07, 6.45) is -7.77. The molecule has 1 amide bonds. The molecule has 6 nitrogen and oxygen atoms in total. The molecule has 0 heterocycles. The molecule has 9 heteroatoms. The highest BCUT2D eigenvalue weighted by molar-refractivity contribution is 5.86. The van der Waals surface area contributed by atoms with Crippen LogP contribution in [-0.4, -0.2) is 40.1 Å². The van der Waals surface area contributed by atoms with Crippen LogP contribution in [0.2, 0.25) is 0 Å². The molecular formula is C18H22F3NO5. The number of carboxylic acids is 1. The van der Waals surface area contributed by atoms with Gasteiger partial charge in [-0.2, -0.15) is 13.2 Å². The minimum absolute atomic E-state index is 0.331. The van der Waals surface area contributed by atoms with Gasteiger partial charge in [-0.05, 0) is 26.3 Å². The Hall–Kier alpha value is -2.29. The van der Waals surface area contributed by atoms with E-state index in [0.29, 0.717) is 5.56 Å². The first-order valence-corrected chi connectivity index (χ1v) is 8.28. The van der Waals surface area contributed by atoms with Gasteiger partial charge in [-0.25, -0.2) is 9.59 Å². The minimum Gasteiger partial charge on any atom is -0.479 e. The number of hydrogen-bond donors (Lipinski definition) is 2. The third kappa shape index (κ3) is 4.71. The van der Waals surface area contributed by atoms with Crippen molar-refractivity contribution in [3.63, 3.8) is 0 Å². The van der Waals surface area contributed by atoms with Gasteiger partial charge in [-0.3, -0.25) is 0 Å². The average Bonchev–Trinajstić information content (AvgIpc) is 2.47. The zero-order valence-corrected chi connectivity index (χ0v) is 15.2. The van der Waals surface area contributed by atoms with Gasteiger partial charge >= 0.3 is 18.2 Å². The Labute approximate surface area is 154 Å². The number of carbonyl (C=O) groups excluding carboxylic acids is 1. The fourth-order valence-corrected chi connectivity index (χ4v) is 2.90. The standard InChI is InChI=1S/C18H22F3NO5/c1-15(2,3)27-14(25)22-16(13(23)24)10-17(11-16,18(19,20)21)26-9-12-7-5-4-6-8-12/h4-8H,9-11H2,1-3H3,(H,22,25)(H,23,24). The second kappa shape index (κ2) is 7.03. The van der Waals surface area contributed by atoms with Gasteiger partial charge in [0, 0.05) is 12.8 Å². The normalized spacial score (nSPS) is 25.4. The molecule has 0 atom stereocenters. The summed E-state index contributed by atoms with van der Waals surface area (Å²) in [6, 6.07) is 8.24. The Kier molecular flexibility index (Phi) is 5.47. The second-order valence-corrected chi connectivity index (χ2v) is 7.63. The highest BCUT2D eigenvalue weighted by Gasteiger charge is 2.72. The molecule has 0 radical (unpaired) electrons. The van der Waals surface area contributed by atoms with Crippen molar-refractivity contribution in [2.45, 2.75) is 63.1 Å². The molecule has 0 bridgehead atoms. The fraction of sp³-hybridized carbons (Fsp3) is 0.556. The van der Waals surface area contributed by atoms with Crippen molar-refractivity contribution in [2.75, 3.05) is 0 Å². The van der Waals surface area contributed by atoms with Crippen molar-refractivity contribution < 1.29 is 37.3 Å². The summed E-state index contributed by atoms with van der Waals surface area (Å²) in [7, 11) is 0. The number of rotatable bonds is 5. The predicted molar refractivity (Wildman–Crippen MR) is 89.0 cm³/mol. The quantitative estimate of drug-likeness (QED) is 0.803.